The first-order valence-corrected chi connectivity index (χ1v) is 17.2. The van der Waals surface area contributed by atoms with Crippen LogP contribution in [-0.2, 0) is 27.9 Å². The molecule has 0 aromatic carbocycles. The fourth-order valence-electron chi connectivity index (χ4n) is 3.72. The molecule has 0 heterocycles. The number of quaternary nitrogens is 1. The maximum Gasteiger partial charge on any atom is 0.472 e. The normalized spacial score (nSPS) is 14.3. The first kappa shape index (κ1) is 37.6. The van der Waals surface area contributed by atoms with Gasteiger partial charge in [-0.2, -0.15) is 0 Å². The van der Waals surface area contributed by atoms with Crippen molar-refractivity contribution in [3.63, 3.8) is 0 Å². The molecule has 0 saturated heterocycles. The predicted molar refractivity (Wildman–Crippen MR) is 157 cm³/mol. The molecule has 38 heavy (non-hydrogen) atoms. The van der Waals surface area contributed by atoms with Crippen LogP contribution in [-0.4, -0.2) is 73.2 Å². The number of likely N-dealkylation sites (N-methyl/N-ethyl adjacent to an activating group) is 1. The monoisotopic (exact) mass is 582 g/mol. The van der Waals surface area contributed by atoms with Gasteiger partial charge in [-0.25, -0.2) is 4.57 Å². The Hall–Kier alpha value is -0.440. The minimum absolute atomic E-state index is 0.0399. The van der Waals surface area contributed by atoms with Crippen molar-refractivity contribution in [1.82, 2.24) is 0 Å². The predicted octanol–water partition coefficient (Wildman–Crippen LogP) is 7.28. The highest BCUT2D eigenvalue weighted by molar-refractivity contribution is 8.13. The zero-order valence-electron chi connectivity index (χ0n) is 24.9. The van der Waals surface area contributed by atoms with E-state index in [1.165, 1.54) is 51.4 Å². The molecule has 10 heteroatoms. The zero-order chi connectivity index (χ0) is 28.7. The fraction of sp³-hybridized carbons (Fsp3) is 0.929. The number of hydrogen-bond donors (Lipinski definition) is 1. The van der Waals surface area contributed by atoms with Crippen molar-refractivity contribution in [2.24, 2.45) is 0 Å². The van der Waals surface area contributed by atoms with Crippen molar-refractivity contribution in [2.45, 2.75) is 123 Å². The molecule has 2 atom stereocenters. The zero-order valence-corrected chi connectivity index (χ0v) is 26.6. The number of thioether (sulfide) groups is 1. The van der Waals surface area contributed by atoms with Crippen LogP contribution in [0.15, 0.2) is 0 Å². The number of carbonyl (C=O) groups is 2. The molecular formula is C28H57NO7PS+. The highest BCUT2D eigenvalue weighted by Crippen LogP contribution is 2.43. The lowest BCUT2D eigenvalue weighted by Crippen LogP contribution is -2.37. The van der Waals surface area contributed by atoms with Crippen LogP contribution in [0.3, 0.4) is 0 Å². The van der Waals surface area contributed by atoms with Crippen molar-refractivity contribution >= 4 is 30.7 Å². The first-order chi connectivity index (χ1) is 18.0. The number of unbranched alkanes of at least 4 members (excludes halogenated alkanes) is 12. The SMILES string of the molecule is CCCCCCCCCC(=O)O[C@@H](COP(=O)(O)OCC[N+](C)(C)C)CSC(=O)CCCCCCCCC. The van der Waals surface area contributed by atoms with Gasteiger partial charge in [0.2, 0.25) is 0 Å². The van der Waals surface area contributed by atoms with Gasteiger partial charge in [0.15, 0.2) is 5.12 Å². The van der Waals surface area contributed by atoms with E-state index in [4.69, 9.17) is 13.8 Å². The highest BCUT2D eigenvalue weighted by atomic mass is 32.2. The number of phosphoric ester groups is 1. The topological polar surface area (TPSA) is 99.1 Å². The standard InChI is InChI=1S/C28H56NO7PS/c1-6-8-10-12-14-16-18-20-27(30)36-26(24-35-37(32,33)34-23-22-29(3,4)5)25-38-28(31)21-19-17-15-13-11-9-7-2/h26H,6-25H2,1-5H3/p+1/t26-/m0/s1. The van der Waals surface area contributed by atoms with Gasteiger partial charge in [-0.1, -0.05) is 103 Å². The molecule has 0 aliphatic heterocycles. The lowest BCUT2D eigenvalue weighted by Gasteiger charge is -2.24. The number of ether oxygens (including phenoxy) is 1. The van der Waals surface area contributed by atoms with Crippen molar-refractivity contribution in [3.8, 4) is 0 Å². The summed E-state index contributed by atoms with van der Waals surface area (Å²) in [5.41, 5.74) is 0. The van der Waals surface area contributed by atoms with Gasteiger partial charge in [0.25, 0.3) is 0 Å². The van der Waals surface area contributed by atoms with Crippen LogP contribution in [0.4, 0.5) is 0 Å². The average molecular weight is 583 g/mol. The molecule has 0 bridgehead atoms. The van der Waals surface area contributed by atoms with Crippen LogP contribution >= 0.6 is 19.6 Å². The molecule has 226 valence electrons. The molecule has 8 nitrogen and oxygen atoms in total. The summed E-state index contributed by atoms with van der Waals surface area (Å²) in [5, 5.41) is 0.0399. The number of phosphoric acid groups is 1. The maximum atomic E-state index is 12.4. The molecule has 0 aromatic rings. The molecule has 1 unspecified atom stereocenters. The molecule has 0 spiro atoms. The second kappa shape index (κ2) is 23.3. The van der Waals surface area contributed by atoms with Gasteiger partial charge in [-0.05, 0) is 12.8 Å². The molecule has 0 aliphatic rings. The third-order valence-electron chi connectivity index (χ3n) is 6.14. The van der Waals surface area contributed by atoms with E-state index in [0.29, 0.717) is 17.4 Å². The molecule has 0 radical (unpaired) electrons. The molecule has 0 saturated carbocycles. The number of nitrogens with zero attached hydrogens (tertiary/aromatic N) is 1. The van der Waals surface area contributed by atoms with Crippen molar-refractivity contribution in [1.29, 1.82) is 0 Å². The molecule has 0 rings (SSSR count). The lowest BCUT2D eigenvalue weighted by molar-refractivity contribution is -0.870. The van der Waals surface area contributed by atoms with E-state index in [2.05, 4.69) is 13.8 Å². The molecule has 0 fully saturated rings. The number of esters is 1. The Bertz CT molecular complexity index is 658. The van der Waals surface area contributed by atoms with Crippen LogP contribution in [0.1, 0.15) is 117 Å². The van der Waals surface area contributed by atoms with E-state index in [0.717, 1.165) is 50.3 Å². The van der Waals surface area contributed by atoms with E-state index in [9.17, 15) is 19.0 Å². The Balaban J connectivity index is 4.58. The maximum absolute atomic E-state index is 12.4. The third kappa shape index (κ3) is 25.8. The van der Waals surface area contributed by atoms with Crippen LogP contribution in [0.2, 0.25) is 0 Å². The third-order valence-corrected chi connectivity index (χ3v) is 8.19. The number of carbonyl (C=O) groups excluding carboxylic acids is 2. The summed E-state index contributed by atoms with van der Waals surface area (Å²) in [5.74, 6) is -0.178. The summed E-state index contributed by atoms with van der Waals surface area (Å²) < 4.78 is 28.6. The second-order valence-electron chi connectivity index (χ2n) is 11.1. The second-order valence-corrected chi connectivity index (χ2v) is 13.7. The van der Waals surface area contributed by atoms with E-state index in [1.807, 2.05) is 21.1 Å². The van der Waals surface area contributed by atoms with Crippen LogP contribution in [0, 0.1) is 0 Å². The summed E-state index contributed by atoms with van der Waals surface area (Å²) in [7, 11) is 1.56. The summed E-state index contributed by atoms with van der Waals surface area (Å²) >= 11 is 1.10. The van der Waals surface area contributed by atoms with Crippen LogP contribution < -0.4 is 0 Å². The van der Waals surface area contributed by atoms with E-state index >= 15 is 0 Å². The smallest absolute Gasteiger partial charge is 0.459 e. The summed E-state index contributed by atoms with van der Waals surface area (Å²) in [6.45, 7) is 4.68. The summed E-state index contributed by atoms with van der Waals surface area (Å²) in [6.07, 6.45) is 15.6. The van der Waals surface area contributed by atoms with Gasteiger partial charge in [-0.3, -0.25) is 18.6 Å². The van der Waals surface area contributed by atoms with E-state index in [-0.39, 0.29) is 36.5 Å². The van der Waals surface area contributed by atoms with Gasteiger partial charge >= 0.3 is 13.8 Å². The van der Waals surface area contributed by atoms with Crippen LogP contribution in [0.25, 0.3) is 0 Å². The Labute approximate surface area is 237 Å². The molecule has 0 aliphatic carbocycles. The van der Waals surface area contributed by atoms with E-state index in [1.54, 1.807) is 0 Å². The largest absolute Gasteiger partial charge is 0.472 e. The summed E-state index contributed by atoms with van der Waals surface area (Å²) in [6, 6.07) is 0. The first-order valence-electron chi connectivity index (χ1n) is 14.8. The highest BCUT2D eigenvalue weighted by Gasteiger charge is 2.26. The van der Waals surface area contributed by atoms with Gasteiger partial charge in [0, 0.05) is 18.6 Å². The Morgan fingerprint density at radius 3 is 1.82 bits per heavy atom. The van der Waals surface area contributed by atoms with Crippen LogP contribution in [0.5, 0.6) is 0 Å². The molecule has 1 N–H and O–H groups in total. The van der Waals surface area contributed by atoms with E-state index < -0.39 is 13.9 Å². The van der Waals surface area contributed by atoms with Gasteiger partial charge in [0.05, 0.1) is 27.7 Å². The Morgan fingerprint density at radius 2 is 1.29 bits per heavy atom. The van der Waals surface area contributed by atoms with Crippen molar-refractivity contribution in [2.75, 3.05) is 46.7 Å². The van der Waals surface area contributed by atoms with Crippen molar-refractivity contribution in [3.05, 3.63) is 0 Å². The van der Waals surface area contributed by atoms with Gasteiger partial charge < -0.3 is 14.1 Å². The van der Waals surface area contributed by atoms with Gasteiger partial charge in [0.1, 0.15) is 19.3 Å². The Kier molecular flexibility index (Phi) is 23.0. The van der Waals surface area contributed by atoms with Gasteiger partial charge in [-0.15, -0.1) is 0 Å². The minimum atomic E-state index is -4.29. The quantitative estimate of drug-likeness (QED) is 0.0492. The summed E-state index contributed by atoms with van der Waals surface area (Å²) in [4.78, 5) is 34.8. The number of rotatable bonds is 26. The molecular weight excluding hydrogens is 525 g/mol. The average Bonchev–Trinajstić information content (AvgIpc) is 2.83. The molecule has 0 aromatic heterocycles. The molecule has 0 amide bonds. The Morgan fingerprint density at radius 1 is 0.789 bits per heavy atom. The van der Waals surface area contributed by atoms with Crippen molar-refractivity contribution < 1.29 is 37.3 Å². The number of hydrogen-bond acceptors (Lipinski definition) is 7. The lowest BCUT2D eigenvalue weighted by atomic mass is 10.1. The fourth-order valence-corrected chi connectivity index (χ4v) is 5.28. The minimum Gasteiger partial charge on any atom is -0.459 e.